The summed E-state index contributed by atoms with van der Waals surface area (Å²) in [5.41, 5.74) is 2.21. The smallest absolute Gasteiger partial charge is 0.344 e. The Morgan fingerprint density at radius 2 is 1.72 bits per heavy atom. The van der Waals surface area contributed by atoms with E-state index in [0.717, 1.165) is 11.1 Å². The van der Waals surface area contributed by atoms with Gasteiger partial charge in [0.25, 0.3) is 5.56 Å². The minimum Gasteiger partial charge on any atom is -0.482 e. The highest BCUT2D eigenvalue weighted by Gasteiger charge is 2.33. The lowest BCUT2D eigenvalue weighted by molar-refractivity contribution is -0.145. The molecular formula is C27H26N2O6S. The average molecular weight is 507 g/mol. The van der Waals surface area contributed by atoms with E-state index in [1.54, 1.807) is 55.7 Å². The van der Waals surface area contributed by atoms with Crippen molar-refractivity contribution in [1.29, 1.82) is 0 Å². The molecule has 0 N–H and O–H groups in total. The van der Waals surface area contributed by atoms with E-state index in [1.807, 2.05) is 30.3 Å². The van der Waals surface area contributed by atoms with E-state index in [-0.39, 0.29) is 18.8 Å². The minimum absolute atomic E-state index is 0.173. The third-order valence-corrected chi connectivity index (χ3v) is 6.46. The van der Waals surface area contributed by atoms with Crippen molar-refractivity contribution in [2.24, 2.45) is 4.99 Å². The molecule has 0 radical (unpaired) electrons. The van der Waals surface area contributed by atoms with Crippen molar-refractivity contribution in [2.75, 3.05) is 19.8 Å². The summed E-state index contributed by atoms with van der Waals surface area (Å²) in [6.07, 6.45) is 1.77. The van der Waals surface area contributed by atoms with Crippen LogP contribution in [0.5, 0.6) is 5.75 Å². The monoisotopic (exact) mass is 506 g/mol. The lowest BCUT2D eigenvalue weighted by Gasteiger charge is -2.24. The SMILES string of the molecule is CCOC(=O)COc1ccc(/C=c2\sc3n(c2=O)[C@H](c2ccccc2)C(C(=O)OCC)=C(C)N=3)cc1. The Morgan fingerprint density at radius 1 is 1.03 bits per heavy atom. The summed E-state index contributed by atoms with van der Waals surface area (Å²) in [6.45, 7) is 5.58. The third-order valence-electron chi connectivity index (χ3n) is 5.47. The normalized spacial score (nSPS) is 15.2. The number of thiazole rings is 1. The molecule has 186 valence electrons. The van der Waals surface area contributed by atoms with Crippen LogP contribution in [0.2, 0.25) is 0 Å². The number of rotatable bonds is 8. The van der Waals surface area contributed by atoms with Crippen molar-refractivity contribution >= 4 is 29.4 Å². The van der Waals surface area contributed by atoms with Crippen molar-refractivity contribution in [3.05, 3.63) is 96.7 Å². The second-order valence-electron chi connectivity index (χ2n) is 7.88. The lowest BCUT2D eigenvalue weighted by Crippen LogP contribution is -2.39. The number of hydrogen-bond acceptors (Lipinski definition) is 8. The van der Waals surface area contributed by atoms with Gasteiger partial charge < -0.3 is 14.2 Å². The van der Waals surface area contributed by atoms with Crippen LogP contribution in [0.25, 0.3) is 6.08 Å². The van der Waals surface area contributed by atoms with E-state index in [2.05, 4.69) is 4.99 Å². The van der Waals surface area contributed by atoms with Crippen LogP contribution in [-0.2, 0) is 19.1 Å². The van der Waals surface area contributed by atoms with Gasteiger partial charge in [0.15, 0.2) is 11.4 Å². The molecule has 2 aromatic carbocycles. The van der Waals surface area contributed by atoms with Gasteiger partial charge >= 0.3 is 11.9 Å². The highest BCUT2D eigenvalue weighted by Crippen LogP contribution is 2.30. The molecule has 2 heterocycles. The minimum atomic E-state index is -0.637. The van der Waals surface area contributed by atoms with E-state index >= 15 is 0 Å². The number of nitrogens with zero attached hydrogens (tertiary/aromatic N) is 2. The highest BCUT2D eigenvalue weighted by molar-refractivity contribution is 7.07. The van der Waals surface area contributed by atoms with Gasteiger partial charge in [-0.15, -0.1) is 0 Å². The largest absolute Gasteiger partial charge is 0.482 e. The molecule has 8 nitrogen and oxygen atoms in total. The maximum atomic E-state index is 13.6. The molecule has 1 aliphatic rings. The first-order valence-electron chi connectivity index (χ1n) is 11.6. The van der Waals surface area contributed by atoms with Gasteiger partial charge in [0.1, 0.15) is 5.75 Å². The molecule has 3 aromatic rings. The molecule has 0 saturated carbocycles. The molecule has 0 bridgehead atoms. The maximum absolute atomic E-state index is 13.6. The zero-order chi connectivity index (χ0) is 25.7. The third kappa shape index (κ3) is 5.31. The molecule has 0 saturated heterocycles. The van der Waals surface area contributed by atoms with E-state index in [1.165, 1.54) is 11.3 Å². The van der Waals surface area contributed by atoms with Crippen molar-refractivity contribution < 1.29 is 23.8 Å². The lowest BCUT2D eigenvalue weighted by atomic mass is 9.96. The fourth-order valence-electron chi connectivity index (χ4n) is 3.90. The summed E-state index contributed by atoms with van der Waals surface area (Å²) in [6, 6.07) is 15.8. The number of esters is 2. The Hall–Kier alpha value is -3.98. The number of aromatic nitrogens is 1. The Kier molecular flexibility index (Phi) is 7.80. The first kappa shape index (κ1) is 25.1. The standard InChI is InChI=1S/C27H26N2O6S/c1-4-33-22(30)16-35-20-13-11-18(12-14-20)15-21-25(31)29-24(19-9-7-6-8-10-19)23(26(32)34-5-2)17(3)28-27(29)36-21/h6-15,24H,4-5,16H2,1-3H3/b21-15-/t24-/m1/s1. The van der Waals surface area contributed by atoms with Crippen molar-refractivity contribution in [3.63, 3.8) is 0 Å². The number of hydrogen-bond donors (Lipinski definition) is 0. The van der Waals surface area contributed by atoms with E-state index < -0.39 is 18.0 Å². The first-order chi connectivity index (χ1) is 17.4. The zero-order valence-corrected chi connectivity index (χ0v) is 21.0. The van der Waals surface area contributed by atoms with E-state index in [4.69, 9.17) is 14.2 Å². The second-order valence-corrected chi connectivity index (χ2v) is 8.88. The Balaban J connectivity index is 1.72. The van der Waals surface area contributed by atoms with Crippen LogP contribution < -0.4 is 19.6 Å². The highest BCUT2D eigenvalue weighted by atomic mass is 32.1. The van der Waals surface area contributed by atoms with Gasteiger partial charge in [-0.25, -0.2) is 14.6 Å². The zero-order valence-electron chi connectivity index (χ0n) is 20.2. The molecule has 0 amide bonds. The van der Waals surface area contributed by atoms with Crippen LogP contribution in [0.1, 0.15) is 37.9 Å². The molecular weight excluding hydrogens is 480 g/mol. The second kappa shape index (κ2) is 11.2. The van der Waals surface area contributed by atoms with Crippen LogP contribution >= 0.6 is 11.3 Å². The fraction of sp³-hybridized carbons (Fsp3) is 0.259. The Morgan fingerprint density at radius 3 is 2.39 bits per heavy atom. The predicted octanol–water partition coefficient (Wildman–Crippen LogP) is 2.74. The van der Waals surface area contributed by atoms with Crippen LogP contribution in [-0.4, -0.2) is 36.3 Å². The Bertz CT molecular complexity index is 1470. The summed E-state index contributed by atoms with van der Waals surface area (Å²) >= 11 is 1.26. The number of carbonyl (C=O) groups excluding carboxylic acids is 2. The number of allylic oxidation sites excluding steroid dienone is 1. The molecule has 1 atom stereocenters. The number of ether oxygens (including phenoxy) is 3. The number of benzene rings is 2. The molecule has 1 aromatic heterocycles. The van der Waals surface area contributed by atoms with E-state index in [0.29, 0.717) is 33.0 Å². The molecule has 9 heteroatoms. The maximum Gasteiger partial charge on any atom is 0.344 e. The summed E-state index contributed by atoms with van der Waals surface area (Å²) in [7, 11) is 0. The van der Waals surface area contributed by atoms with Gasteiger partial charge in [-0.05, 0) is 50.1 Å². The topological polar surface area (TPSA) is 96.2 Å². The number of carbonyl (C=O) groups is 2. The molecule has 0 fully saturated rings. The molecule has 36 heavy (non-hydrogen) atoms. The van der Waals surface area contributed by atoms with E-state index in [9.17, 15) is 14.4 Å². The first-order valence-corrected chi connectivity index (χ1v) is 12.4. The Labute approximate surface area is 211 Å². The van der Waals surface area contributed by atoms with Crippen LogP contribution in [0.4, 0.5) is 0 Å². The molecule has 0 unspecified atom stereocenters. The summed E-state index contributed by atoms with van der Waals surface area (Å²) in [5, 5.41) is 0. The van der Waals surface area contributed by atoms with Crippen molar-refractivity contribution in [1.82, 2.24) is 4.57 Å². The summed E-state index contributed by atoms with van der Waals surface area (Å²) in [5.74, 6) is -0.408. The molecule has 0 aliphatic carbocycles. The van der Waals surface area contributed by atoms with Gasteiger partial charge in [-0.2, -0.15) is 0 Å². The molecule has 4 rings (SSSR count). The summed E-state index contributed by atoms with van der Waals surface area (Å²) in [4.78, 5) is 43.0. The van der Waals surface area contributed by atoms with Crippen molar-refractivity contribution in [2.45, 2.75) is 26.8 Å². The van der Waals surface area contributed by atoms with Gasteiger partial charge in [-0.1, -0.05) is 53.8 Å². The predicted molar refractivity (Wildman–Crippen MR) is 135 cm³/mol. The number of fused-ring (bicyclic) bond motifs is 1. The molecule has 1 aliphatic heterocycles. The van der Waals surface area contributed by atoms with Gasteiger partial charge in [0.05, 0.1) is 35.1 Å². The van der Waals surface area contributed by atoms with Gasteiger partial charge in [0, 0.05) is 0 Å². The fourth-order valence-corrected chi connectivity index (χ4v) is 4.95. The van der Waals surface area contributed by atoms with Crippen LogP contribution in [0.3, 0.4) is 0 Å². The van der Waals surface area contributed by atoms with Crippen LogP contribution in [0.15, 0.2) is 75.7 Å². The van der Waals surface area contributed by atoms with Crippen LogP contribution in [0, 0.1) is 0 Å². The summed E-state index contributed by atoms with van der Waals surface area (Å²) < 4.78 is 17.6. The van der Waals surface area contributed by atoms with Gasteiger partial charge in [-0.3, -0.25) is 9.36 Å². The van der Waals surface area contributed by atoms with Crippen molar-refractivity contribution in [3.8, 4) is 5.75 Å². The quantitative estimate of drug-likeness (QED) is 0.436. The average Bonchev–Trinajstić information content (AvgIpc) is 3.17. The van der Waals surface area contributed by atoms with Gasteiger partial charge in [0.2, 0.25) is 0 Å². The molecule has 0 spiro atoms.